The summed E-state index contributed by atoms with van der Waals surface area (Å²) < 4.78 is 0. The van der Waals surface area contributed by atoms with Gasteiger partial charge in [-0.05, 0) is 31.2 Å². The molecule has 0 bridgehead atoms. The van der Waals surface area contributed by atoms with Crippen LogP contribution in [0.3, 0.4) is 0 Å². The van der Waals surface area contributed by atoms with Gasteiger partial charge in [-0.2, -0.15) is 0 Å². The van der Waals surface area contributed by atoms with Gasteiger partial charge in [-0.3, -0.25) is 0 Å². The maximum Gasteiger partial charge on any atom is 0.326 e. The molecular formula is C14H23N3O2. The largest absolute Gasteiger partial charge is 0.480 e. The van der Waals surface area contributed by atoms with Crippen LogP contribution in [-0.4, -0.2) is 27.1 Å². The van der Waals surface area contributed by atoms with Crippen LogP contribution in [0.4, 0.5) is 5.95 Å². The number of aliphatic carboxylic acids is 1. The second kappa shape index (κ2) is 7.07. The zero-order chi connectivity index (χ0) is 14.4. The van der Waals surface area contributed by atoms with Gasteiger partial charge in [0.2, 0.25) is 5.95 Å². The summed E-state index contributed by atoms with van der Waals surface area (Å²) in [6.07, 6.45) is 2.18. The number of carboxylic acid groups (broad SMARTS) is 1. The van der Waals surface area contributed by atoms with E-state index in [4.69, 9.17) is 0 Å². The molecule has 0 spiro atoms. The third-order valence-corrected chi connectivity index (χ3v) is 2.87. The summed E-state index contributed by atoms with van der Waals surface area (Å²) in [7, 11) is 0. The third kappa shape index (κ3) is 4.85. The van der Waals surface area contributed by atoms with E-state index in [1.54, 1.807) is 0 Å². The van der Waals surface area contributed by atoms with Gasteiger partial charge in [0.15, 0.2) is 0 Å². The van der Waals surface area contributed by atoms with Gasteiger partial charge >= 0.3 is 5.97 Å². The zero-order valence-corrected chi connectivity index (χ0v) is 12.1. The molecule has 0 aliphatic rings. The number of carboxylic acids is 1. The summed E-state index contributed by atoms with van der Waals surface area (Å²) >= 11 is 0. The molecule has 0 fully saturated rings. The number of nitrogens with zero attached hydrogens (tertiary/aromatic N) is 2. The van der Waals surface area contributed by atoms with E-state index in [0.29, 0.717) is 18.3 Å². The molecule has 0 unspecified atom stereocenters. The number of hydrogen-bond donors (Lipinski definition) is 2. The van der Waals surface area contributed by atoms with Crippen LogP contribution in [0.1, 0.15) is 45.5 Å². The fourth-order valence-electron chi connectivity index (χ4n) is 1.83. The Hall–Kier alpha value is -1.65. The van der Waals surface area contributed by atoms with E-state index in [1.165, 1.54) is 0 Å². The predicted molar refractivity (Wildman–Crippen MR) is 75.3 cm³/mol. The molecule has 0 aliphatic carbocycles. The van der Waals surface area contributed by atoms with Crippen molar-refractivity contribution in [2.75, 3.05) is 5.32 Å². The van der Waals surface area contributed by atoms with Crippen molar-refractivity contribution in [1.82, 2.24) is 9.97 Å². The molecule has 1 aromatic rings. The molecular weight excluding hydrogens is 242 g/mol. The maximum absolute atomic E-state index is 11.2. The summed E-state index contributed by atoms with van der Waals surface area (Å²) in [6, 6.07) is 1.32. The van der Waals surface area contributed by atoms with Crippen molar-refractivity contribution in [3.8, 4) is 0 Å². The number of hydrogen-bond acceptors (Lipinski definition) is 4. The van der Waals surface area contributed by atoms with Crippen molar-refractivity contribution in [3.05, 3.63) is 17.5 Å². The van der Waals surface area contributed by atoms with Crippen molar-refractivity contribution < 1.29 is 9.90 Å². The van der Waals surface area contributed by atoms with Gasteiger partial charge in [-0.25, -0.2) is 14.8 Å². The number of aryl methyl sites for hydroxylation is 2. The Morgan fingerprint density at radius 3 is 2.16 bits per heavy atom. The smallest absolute Gasteiger partial charge is 0.326 e. The first-order valence-electron chi connectivity index (χ1n) is 6.82. The summed E-state index contributed by atoms with van der Waals surface area (Å²) in [5, 5.41) is 12.2. The molecule has 2 N–H and O–H groups in total. The van der Waals surface area contributed by atoms with Crippen molar-refractivity contribution in [3.63, 3.8) is 0 Å². The number of rotatable bonds is 7. The molecule has 106 valence electrons. The van der Waals surface area contributed by atoms with E-state index in [2.05, 4.69) is 15.3 Å². The average Bonchev–Trinajstić information content (AvgIpc) is 2.36. The summed E-state index contributed by atoms with van der Waals surface area (Å²) in [6.45, 7) is 8.04. The lowest BCUT2D eigenvalue weighted by molar-refractivity contribution is -0.138. The minimum Gasteiger partial charge on any atom is -0.480 e. The lowest BCUT2D eigenvalue weighted by Gasteiger charge is -2.17. The first kappa shape index (κ1) is 15.4. The van der Waals surface area contributed by atoms with E-state index in [0.717, 1.165) is 24.2 Å². The molecule has 5 heteroatoms. The molecule has 0 saturated heterocycles. The second-order valence-corrected chi connectivity index (χ2v) is 5.05. The van der Waals surface area contributed by atoms with Crippen LogP contribution in [0.2, 0.25) is 0 Å². The molecule has 0 amide bonds. The van der Waals surface area contributed by atoms with Gasteiger partial charge in [-0.15, -0.1) is 0 Å². The van der Waals surface area contributed by atoms with Gasteiger partial charge in [-0.1, -0.05) is 27.7 Å². The number of nitrogens with one attached hydrogen (secondary N) is 1. The van der Waals surface area contributed by atoms with Crippen molar-refractivity contribution in [1.29, 1.82) is 0 Å². The van der Waals surface area contributed by atoms with Gasteiger partial charge in [0.25, 0.3) is 0 Å². The van der Waals surface area contributed by atoms with Gasteiger partial charge in [0.05, 0.1) is 0 Å². The first-order valence-corrected chi connectivity index (χ1v) is 6.82. The van der Waals surface area contributed by atoms with E-state index in [-0.39, 0.29) is 0 Å². The van der Waals surface area contributed by atoms with E-state index in [1.807, 2.05) is 33.8 Å². The molecule has 1 rings (SSSR count). The molecule has 0 saturated carbocycles. The number of anilines is 1. The normalized spacial score (nSPS) is 12.5. The lowest BCUT2D eigenvalue weighted by Crippen LogP contribution is -2.31. The van der Waals surface area contributed by atoms with Crippen LogP contribution in [0.25, 0.3) is 0 Å². The van der Waals surface area contributed by atoms with Crippen LogP contribution in [0, 0.1) is 5.92 Å². The second-order valence-electron chi connectivity index (χ2n) is 5.05. The first-order chi connectivity index (χ1) is 8.96. The highest BCUT2D eigenvalue weighted by atomic mass is 16.4. The monoisotopic (exact) mass is 265 g/mol. The van der Waals surface area contributed by atoms with Crippen molar-refractivity contribution in [2.45, 2.75) is 53.0 Å². The number of carbonyl (C=O) groups is 1. The Morgan fingerprint density at radius 2 is 1.79 bits per heavy atom. The van der Waals surface area contributed by atoms with Gasteiger partial charge < -0.3 is 10.4 Å². The van der Waals surface area contributed by atoms with Crippen LogP contribution in [0.5, 0.6) is 0 Å². The van der Waals surface area contributed by atoms with Crippen LogP contribution >= 0.6 is 0 Å². The molecule has 1 heterocycles. The Kier molecular flexibility index (Phi) is 5.73. The minimum absolute atomic E-state index is 0.300. The average molecular weight is 265 g/mol. The summed E-state index contributed by atoms with van der Waals surface area (Å²) in [5.74, 6) is -0.143. The molecule has 0 aliphatic heterocycles. The topological polar surface area (TPSA) is 75.1 Å². The van der Waals surface area contributed by atoms with Crippen LogP contribution < -0.4 is 5.32 Å². The maximum atomic E-state index is 11.2. The fraction of sp³-hybridized carbons (Fsp3) is 0.643. The molecule has 0 aromatic carbocycles. The predicted octanol–water partition coefficient (Wildman–Crippen LogP) is 2.51. The van der Waals surface area contributed by atoms with Crippen molar-refractivity contribution in [2.24, 2.45) is 5.92 Å². The Labute approximate surface area is 114 Å². The highest BCUT2D eigenvalue weighted by Gasteiger charge is 2.20. The fourth-order valence-corrected chi connectivity index (χ4v) is 1.83. The molecule has 0 radical (unpaired) electrons. The third-order valence-electron chi connectivity index (χ3n) is 2.87. The summed E-state index contributed by atoms with van der Waals surface area (Å²) in [5.41, 5.74) is 1.87. The Morgan fingerprint density at radius 1 is 1.26 bits per heavy atom. The molecule has 1 aromatic heterocycles. The van der Waals surface area contributed by atoms with E-state index in [9.17, 15) is 9.90 Å². The SMILES string of the molecule is CCc1cc(CC)nc(N[C@H](CC(C)C)C(=O)O)n1. The Balaban J connectivity index is 2.91. The molecule has 1 atom stereocenters. The van der Waals surface area contributed by atoms with Crippen LogP contribution in [-0.2, 0) is 17.6 Å². The minimum atomic E-state index is -0.864. The molecule has 19 heavy (non-hydrogen) atoms. The number of aromatic nitrogens is 2. The highest BCUT2D eigenvalue weighted by molar-refractivity contribution is 5.76. The van der Waals surface area contributed by atoms with E-state index >= 15 is 0 Å². The van der Waals surface area contributed by atoms with Crippen molar-refractivity contribution >= 4 is 11.9 Å². The Bertz CT molecular complexity index is 410. The van der Waals surface area contributed by atoms with E-state index < -0.39 is 12.0 Å². The van der Waals surface area contributed by atoms with Gasteiger partial charge in [0, 0.05) is 11.4 Å². The standard InChI is InChI=1S/C14H23N3O2/c1-5-10-8-11(6-2)16-14(15-10)17-12(13(18)19)7-9(3)4/h8-9,12H,5-7H2,1-4H3,(H,18,19)(H,15,16,17)/t12-/m1/s1. The van der Waals surface area contributed by atoms with Gasteiger partial charge in [0.1, 0.15) is 6.04 Å². The quantitative estimate of drug-likeness (QED) is 0.792. The lowest BCUT2D eigenvalue weighted by atomic mass is 10.0. The van der Waals surface area contributed by atoms with Crippen LogP contribution in [0.15, 0.2) is 6.07 Å². The molecule has 5 nitrogen and oxygen atoms in total. The zero-order valence-electron chi connectivity index (χ0n) is 12.1. The highest BCUT2D eigenvalue weighted by Crippen LogP contribution is 2.12. The summed E-state index contributed by atoms with van der Waals surface area (Å²) in [4.78, 5) is 19.9.